The van der Waals surface area contributed by atoms with Gasteiger partial charge in [0.15, 0.2) is 0 Å². The summed E-state index contributed by atoms with van der Waals surface area (Å²) in [5.41, 5.74) is 1.65. The van der Waals surface area contributed by atoms with Gasteiger partial charge in [-0.15, -0.1) is 0 Å². The first-order valence-electron chi connectivity index (χ1n) is 7.74. The Balaban J connectivity index is 1.77. The standard InChI is InChI=1S/C17H15ClN4O2/c18-12-2-4-13(5-3-12)22-9-6-14-16(22)17(24)21(11-19-14)10-15(23)20-7-1-8-20/h2-6,9,11H,1,7-8,10H2. The highest BCUT2D eigenvalue weighted by Gasteiger charge is 2.21. The average Bonchev–Trinajstić information content (AvgIpc) is 2.94. The molecular weight excluding hydrogens is 328 g/mol. The molecule has 0 N–H and O–H groups in total. The second kappa shape index (κ2) is 5.79. The lowest BCUT2D eigenvalue weighted by atomic mass is 10.2. The smallest absolute Gasteiger partial charge is 0.278 e. The van der Waals surface area contributed by atoms with Crippen LogP contribution in [0.5, 0.6) is 0 Å². The number of halogens is 1. The number of rotatable bonds is 3. The van der Waals surface area contributed by atoms with Gasteiger partial charge in [0.05, 0.1) is 11.8 Å². The van der Waals surface area contributed by atoms with Crippen molar-refractivity contribution in [3.05, 3.63) is 58.2 Å². The van der Waals surface area contributed by atoms with Crippen LogP contribution in [0.4, 0.5) is 0 Å². The number of nitrogens with zero attached hydrogens (tertiary/aromatic N) is 4. The molecule has 2 aromatic heterocycles. The van der Waals surface area contributed by atoms with Crippen molar-refractivity contribution >= 4 is 28.5 Å². The van der Waals surface area contributed by atoms with E-state index in [2.05, 4.69) is 4.98 Å². The van der Waals surface area contributed by atoms with Gasteiger partial charge >= 0.3 is 0 Å². The molecule has 1 fully saturated rings. The second-order valence-electron chi connectivity index (χ2n) is 5.81. The lowest BCUT2D eigenvalue weighted by Crippen LogP contribution is -2.44. The molecule has 1 saturated heterocycles. The van der Waals surface area contributed by atoms with Crippen molar-refractivity contribution in [3.8, 4) is 5.69 Å². The second-order valence-corrected chi connectivity index (χ2v) is 6.24. The Hall–Kier alpha value is -2.60. The van der Waals surface area contributed by atoms with E-state index in [0.29, 0.717) is 16.1 Å². The van der Waals surface area contributed by atoms with Crippen molar-refractivity contribution in [3.63, 3.8) is 0 Å². The van der Waals surface area contributed by atoms with Gasteiger partial charge in [-0.3, -0.25) is 14.2 Å². The average molecular weight is 343 g/mol. The SMILES string of the molecule is O=C(Cn1cnc2ccn(-c3ccc(Cl)cc3)c2c1=O)N1CCC1. The molecule has 1 aliphatic rings. The molecule has 0 bridgehead atoms. The molecule has 3 aromatic rings. The summed E-state index contributed by atoms with van der Waals surface area (Å²) in [5, 5.41) is 0.630. The summed E-state index contributed by atoms with van der Waals surface area (Å²) in [6.45, 7) is 1.56. The number of carbonyl (C=O) groups is 1. The van der Waals surface area contributed by atoms with E-state index in [0.717, 1.165) is 25.2 Å². The molecule has 1 amide bonds. The molecule has 3 heterocycles. The first-order chi connectivity index (χ1) is 11.6. The van der Waals surface area contributed by atoms with Gasteiger partial charge in [0, 0.05) is 30.0 Å². The maximum Gasteiger partial charge on any atom is 0.278 e. The fourth-order valence-electron chi connectivity index (χ4n) is 2.80. The van der Waals surface area contributed by atoms with Gasteiger partial charge in [-0.1, -0.05) is 11.6 Å². The number of fused-ring (bicyclic) bond motifs is 1. The third-order valence-corrected chi connectivity index (χ3v) is 4.54. The van der Waals surface area contributed by atoms with E-state index >= 15 is 0 Å². The molecule has 7 heteroatoms. The minimum Gasteiger partial charge on any atom is -0.341 e. The lowest BCUT2D eigenvalue weighted by molar-refractivity contribution is -0.135. The Bertz CT molecular complexity index is 970. The minimum absolute atomic E-state index is 0.0214. The summed E-state index contributed by atoms with van der Waals surface area (Å²) in [5.74, 6) is -0.0471. The zero-order chi connectivity index (χ0) is 16.7. The van der Waals surface area contributed by atoms with E-state index in [1.54, 1.807) is 33.9 Å². The Labute approximate surface area is 142 Å². The molecule has 1 aliphatic heterocycles. The van der Waals surface area contributed by atoms with Crippen molar-refractivity contribution < 1.29 is 4.79 Å². The van der Waals surface area contributed by atoms with E-state index < -0.39 is 0 Å². The topological polar surface area (TPSA) is 60.1 Å². The number of likely N-dealkylation sites (tertiary alicyclic amines) is 1. The van der Waals surface area contributed by atoms with Crippen molar-refractivity contribution in [2.75, 3.05) is 13.1 Å². The third-order valence-electron chi connectivity index (χ3n) is 4.28. The fourth-order valence-corrected chi connectivity index (χ4v) is 2.93. The molecule has 1 aromatic carbocycles. The van der Waals surface area contributed by atoms with Gasteiger partial charge in [-0.2, -0.15) is 0 Å². The first-order valence-corrected chi connectivity index (χ1v) is 8.11. The molecule has 0 unspecified atom stereocenters. The number of amides is 1. The van der Waals surface area contributed by atoms with Crippen molar-refractivity contribution in [1.82, 2.24) is 19.0 Å². The summed E-state index contributed by atoms with van der Waals surface area (Å²) >= 11 is 5.92. The molecular formula is C17H15ClN4O2. The zero-order valence-electron chi connectivity index (χ0n) is 12.9. The van der Waals surface area contributed by atoms with Crippen LogP contribution in [0.15, 0.2) is 47.7 Å². The number of hydrogen-bond acceptors (Lipinski definition) is 3. The Morgan fingerprint density at radius 2 is 1.92 bits per heavy atom. The van der Waals surface area contributed by atoms with Crippen LogP contribution >= 0.6 is 11.6 Å². The van der Waals surface area contributed by atoms with E-state index in [1.807, 2.05) is 12.1 Å². The molecule has 0 saturated carbocycles. The Morgan fingerprint density at radius 3 is 2.58 bits per heavy atom. The van der Waals surface area contributed by atoms with Crippen LogP contribution in [0.3, 0.4) is 0 Å². The highest BCUT2D eigenvalue weighted by atomic mass is 35.5. The fraction of sp³-hybridized carbons (Fsp3) is 0.235. The maximum atomic E-state index is 12.8. The lowest BCUT2D eigenvalue weighted by Gasteiger charge is -2.30. The molecule has 4 rings (SSSR count). The van der Waals surface area contributed by atoms with Crippen LogP contribution in [0, 0.1) is 0 Å². The minimum atomic E-state index is -0.228. The molecule has 0 aliphatic carbocycles. The van der Waals surface area contributed by atoms with E-state index in [9.17, 15) is 9.59 Å². The third kappa shape index (κ3) is 2.49. The Morgan fingerprint density at radius 1 is 1.17 bits per heavy atom. The Kier molecular flexibility index (Phi) is 3.61. The summed E-state index contributed by atoms with van der Waals surface area (Å²) in [4.78, 5) is 31.0. The molecule has 24 heavy (non-hydrogen) atoms. The number of carbonyl (C=O) groups excluding carboxylic acids is 1. The number of benzene rings is 1. The molecule has 122 valence electrons. The number of aromatic nitrogens is 3. The van der Waals surface area contributed by atoms with E-state index in [1.165, 1.54) is 10.9 Å². The summed E-state index contributed by atoms with van der Waals surface area (Å²) in [6.07, 6.45) is 4.26. The molecule has 0 spiro atoms. The highest BCUT2D eigenvalue weighted by molar-refractivity contribution is 6.30. The number of hydrogen-bond donors (Lipinski definition) is 0. The van der Waals surface area contributed by atoms with Gasteiger partial charge in [-0.05, 0) is 36.8 Å². The van der Waals surface area contributed by atoms with Crippen molar-refractivity contribution in [2.24, 2.45) is 0 Å². The van der Waals surface area contributed by atoms with Crippen LogP contribution in [-0.2, 0) is 11.3 Å². The van der Waals surface area contributed by atoms with Gasteiger partial charge in [-0.25, -0.2) is 4.98 Å². The first kappa shape index (κ1) is 15.0. The van der Waals surface area contributed by atoms with E-state index in [-0.39, 0.29) is 18.0 Å². The quantitative estimate of drug-likeness (QED) is 0.732. The van der Waals surface area contributed by atoms with Crippen LogP contribution in [-0.4, -0.2) is 38.0 Å². The summed E-state index contributed by atoms with van der Waals surface area (Å²) < 4.78 is 3.14. The van der Waals surface area contributed by atoms with Gasteiger partial charge in [0.1, 0.15) is 12.1 Å². The van der Waals surface area contributed by atoms with E-state index in [4.69, 9.17) is 11.6 Å². The predicted molar refractivity (Wildman–Crippen MR) is 91.5 cm³/mol. The summed E-state index contributed by atoms with van der Waals surface area (Å²) in [6, 6.07) is 9.00. The van der Waals surface area contributed by atoms with Crippen LogP contribution in [0.2, 0.25) is 5.02 Å². The van der Waals surface area contributed by atoms with Crippen molar-refractivity contribution in [2.45, 2.75) is 13.0 Å². The van der Waals surface area contributed by atoms with Crippen LogP contribution in [0.25, 0.3) is 16.7 Å². The largest absolute Gasteiger partial charge is 0.341 e. The zero-order valence-corrected chi connectivity index (χ0v) is 13.6. The van der Waals surface area contributed by atoms with Gasteiger partial charge in [0.25, 0.3) is 5.56 Å². The highest BCUT2D eigenvalue weighted by Crippen LogP contribution is 2.18. The molecule has 6 nitrogen and oxygen atoms in total. The summed E-state index contributed by atoms with van der Waals surface area (Å²) in [7, 11) is 0. The molecule has 0 radical (unpaired) electrons. The molecule has 0 atom stereocenters. The normalized spacial score (nSPS) is 14.0. The van der Waals surface area contributed by atoms with Crippen molar-refractivity contribution in [1.29, 1.82) is 0 Å². The predicted octanol–water partition coefficient (Wildman–Crippen LogP) is 2.07. The van der Waals surface area contributed by atoms with Crippen LogP contribution < -0.4 is 5.56 Å². The van der Waals surface area contributed by atoms with Crippen LogP contribution in [0.1, 0.15) is 6.42 Å². The monoisotopic (exact) mass is 342 g/mol. The van der Waals surface area contributed by atoms with Gasteiger partial charge < -0.3 is 9.47 Å². The van der Waals surface area contributed by atoms with Gasteiger partial charge in [0.2, 0.25) is 5.91 Å². The maximum absolute atomic E-state index is 12.8.